The van der Waals surface area contributed by atoms with Gasteiger partial charge in [-0.3, -0.25) is 19.3 Å². The Balaban J connectivity index is 1.48. The summed E-state index contributed by atoms with van der Waals surface area (Å²) in [5.74, 6) is -1.40. The van der Waals surface area contributed by atoms with Crippen molar-refractivity contribution >= 4 is 34.2 Å². The molecule has 25 heavy (non-hydrogen) atoms. The molecule has 1 aliphatic heterocycles. The predicted octanol–water partition coefficient (Wildman–Crippen LogP) is 2.30. The average molecular weight is 359 g/mol. The number of amides is 3. The zero-order valence-electron chi connectivity index (χ0n) is 14.2. The molecule has 2 aliphatic carbocycles. The average Bonchev–Trinajstić information content (AvgIpc) is 3.13. The first-order valence-corrected chi connectivity index (χ1v) is 9.69. The van der Waals surface area contributed by atoms with Crippen LogP contribution in [0.4, 0.5) is 5.13 Å². The monoisotopic (exact) mass is 359 g/mol. The van der Waals surface area contributed by atoms with Crippen molar-refractivity contribution < 1.29 is 14.4 Å². The van der Waals surface area contributed by atoms with Crippen molar-refractivity contribution in [2.24, 2.45) is 11.8 Å². The molecule has 1 fully saturated rings. The van der Waals surface area contributed by atoms with Crippen LogP contribution in [-0.4, -0.2) is 33.6 Å². The highest BCUT2D eigenvalue weighted by Crippen LogP contribution is 2.36. The number of nitrogens with one attached hydrogen (secondary N) is 1. The standard InChI is InChI=1S/C18H21N3O3S/c1-10(21-16(23)11-6-2-3-7-12(11)17(21)24)15(22)20-18-19-13-8-4-5-9-14(13)25-18/h2-3,10-12H,4-9H2,1H3,(H,19,20,22)/t10-,11?,12?/m0/s1. The number of aryl methyl sites for hydroxylation is 2. The fourth-order valence-corrected chi connectivity index (χ4v) is 4.99. The molecule has 0 saturated carbocycles. The van der Waals surface area contributed by atoms with E-state index in [2.05, 4.69) is 10.3 Å². The Bertz CT molecular complexity index is 720. The maximum absolute atomic E-state index is 12.6. The molecule has 1 aromatic heterocycles. The quantitative estimate of drug-likeness (QED) is 0.663. The van der Waals surface area contributed by atoms with Crippen LogP contribution in [0.2, 0.25) is 0 Å². The van der Waals surface area contributed by atoms with Gasteiger partial charge in [0.15, 0.2) is 5.13 Å². The van der Waals surface area contributed by atoms with Gasteiger partial charge in [0.25, 0.3) is 0 Å². The van der Waals surface area contributed by atoms with E-state index in [1.165, 1.54) is 16.2 Å². The second-order valence-corrected chi connectivity index (χ2v) is 8.05. The number of hydrogen-bond acceptors (Lipinski definition) is 5. The third-order valence-corrected chi connectivity index (χ3v) is 6.46. The highest BCUT2D eigenvalue weighted by atomic mass is 32.1. The lowest BCUT2D eigenvalue weighted by atomic mass is 9.85. The molecule has 132 valence electrons. The van der Waals surface area contributed by atoms with Crippen LogP contribution in [0.3, 0.4) is 0 Å². The summed E-state index contributed by atoms with van der Waals surface area (Å²) in [6.07, 6.45) is 9.31. The fraction of sp³-hybridized carbons (Fsp3) is 0.556. The molecule has 0 bridgehead atoms. The second kappa shape index (κ2) is 6.37. The Labute approximate surface area is 150 Å². The number of allylic oxidation sites excluding steroid dienone is 2. The molecule has 3 amide bonds. The van der Waals surface area contributed by atoms with Gasteiger partial charge in [0.1, 0.15) is 6.04 Å². The molecule has 7 heteroatoms. The summed E-state index contributed by atoms with van der Waals surface area (Å²) >= 11 is 1.50. The minimum atomic E-state index is -0.813. The van der Waals surface area contributed by atoms with Crippen molar-refractivity contribution in [1.82, 2.24) is 9.88 Å². The lowest BCUT2D eigenvalue weighted by Crippen LogP contribution is -2.46. The van der Waals surface area contributed by atoms with Gasteiger partial charge in [-0.15, -0.1) is 11.3 Å². The summed E-state index contributed by atoms with van der Waals surface area (Å²) in [4.78, 5) is 44.7. The molecule has 0 aromatic carbocycles. The number of carbonyl (C=O) groups is 3. The van der Waals surface area contributed by atoms with Crippen molar-refractivity contribution in [2.75, 3.05) is 5.32 Å². The van der Waals surface area contributed by atoms with Crippen LogP contribution < -0.4 is 5.32 Å². The zero-order chi connectivity index (χ0) is 17.6. The number of rotatable bonds is 3. The molecular weight excluding hydrogens is 338 g/mol. The maximum Gasteiger partial charge on any atom is 0.249 e. The first kappa shape index (κ1) is 16.4. The molecule has 0 radical (unpaired) electrons. The topological polar surface area (TPSA) is 79.4 Å². The van der Waals surface area contributed by atoms with Gasteiger partial charge in [-0.05, 0) is 45.4 Å². The number of thiazole rings is 1. The van der Waals surface area contributed by atoms with E-state index in [0.29, 0.717) is 18.0 Å². The van der Waals surface area contributed by atoms with Crippen molar-refractivity contribution in [3.63, 3.8) is 0 Å². The summed E-state index contributed by atoms with van der Waals surface area (Å²) in [6, 6.07) is -0.813. The van der Waals surface area contributed by atoms with Gasteiger partial charge in [0.2, 0.25) is 17.7 Å². The second-order valence-electron chi connectivity index (χ2n) is 6.96. The summed E-state index contributed by atoms with van der Waals surface area (Å²) in [6.45, 7) is 1.61. The molecule has 1 N–H and O–H groups in total. The first-order chi connectivity index (χ1) is 12.1. The van der Waals surface area contributed by atoms with E-state index in [0.717, 1.165) is 36.3 Å². The van der Waals surface area contributed by atoms with Gasteiger partial charge < -0.3 is 5.32 Å². The number of hydrogen-bond donors (Lipinski definition) is 1. The maximum atomic E-state index is 12.6. The SMILES string of the molecule is C[C@@H](C(=O)Nc1nc2c(s1)CCCC2)N1C(=O)C2CC=CCC2C1=O. The van der Waals surface area contributed by atoms with Gasteiger partial charge in [0.05, 0.1) is 17.5 Å². The number of anilines is 1. The van der Waals surface area contributed by atoms with Crippen LogP contribution in [0.5, 0.6) is 0 Å². The van der Waals surface area contributed by atoms with Crippen LogP contribution in [-0.2, 0) is 27.2 Å². The molecule has 6 nitrogen and oxygen atoms in total. The largest absolute Gasteiger partial charge is 0.300 e. The van der Waals surface area contributed by atoms with Crippen LogP contribution in [0.1, 0.15) is 43.2 Å². The Morgan fingerprint density at radius 2 is 1.84 bits per heavy atom. The number of imide groups is 1. The van der Waals surface area contributed by atoms with Gasteiger partial charge in [0, 0.05) is 4.88 Å². The number of carbonyl (C=O) groups excluding carboxylic acids is 3. The highest BCUT2D eigenvalue weighted by molar-refractivity contribution is 7.15. The van der Waals surface area contributed by atoms with Gasteiger partial charge in [-0.1, -0.05) is 12.2 Å². The minimum absolute atomic E-state index is 0.222. The lowest BCUT2D eigenvalue weighted by molar-refractivity contribution is -0.146. The fourth-order valence-electron chi connectivity index (χ4n) is 3.94. The van der Waals surface area contributed by atoms with Gasteiger partial charge >= 0.3 is 0 Å². The Morgan fingerprint density at radius 3 is 2.48 bits per heavy atom. The number of fused-ring (bicyclic) bond motifs is 2. The summed E-state index contributed by atoms with van der Waals surface area (Å²) < 4.78 is 0. The molecule has 3 aliphatic rings. The zero-order valence-corrected chi connectivity index (χ0v) is 15.0. The van der Waals surface area contributed by atoms with Crippen LogP contribution in [0, 0.1) is 11.8 Å². The smallest absolute Gasteiger partial charge is 0.249 e. The summed E-state index contributed by atoms with van der Waals surface area (Å²) in [5.41, 5.74) is 1.07. The number of aromatic nitrogens is 1. The van der Waals surface area contributed by atoms with Crippen molar-refractivity contribution in [3.05, 3.63) is 22.7 Å². The number of nitrogens with zero attached hydrogens (tertiary/aromatic N) is 2. The lowest BCUT2D eigenvalue weighted by Gasteiger charge is -2.21. The van der Waals surface area contributed by atoms with E-state index >= 15 is 0 Å². The molecule has 1 aromatic rings. The summed E-state index contributed by atoms with van der Waals surface area (Å²) in [5, 5.41) is 3.38. The molecular formula is C18H21N3O3S. The van der Waals surface area contributed by atoms with Crippen molar-refractivity contribution in [3.8, 4) is 0 Å². The molecule has 4 rings (SSSR count). The van der Waals surface area contributed by atoms with Crippen LogP contribution in [0.15, 0.2) is 12.2 Å². The van der Waals surface area contributed by atoms with Gasteiger partial charge in [-0.2, -0.15) is 0 Å². The van der Waals surface area contributed by atoms with Gasteiger partial charge in [-0.25, -0.2) is 4.98 Å². The predicted molar refractivity (Wildman–Crippen MR) is 94.1 cm³/mol. The molecule has 2 unspecified atom stereocenters. The number of likely N-dealkylation sites (tertiary alicyclic amines) is 1. The van der Waals surface area contributed by atoms with E-state index in [-0.39, 0.29) is 29.6 Å². The Morgan fingerprint density at radius 1 is 1.20 bits per heavy atom. The van der Waals surface area contributed by atoms with Crippen molar-refractivity contribution in [1.29, 1.82) is 0 Å². The molecule has 1 saturated heterocycles. The summed E-state index contributed by atoms with van der Waals surface area (Å²) in [7, 11) is 0. The Kier molecular flexibility index (Phi) is 4.19. The molecule has 3 atom stereocenters. The molecule has 2 heterocycles. The normalized spacial score (nSPS) is 26.4. The van der Waals surface area contributed by atoms with E-state index in [9.17, 15) is 14.4 Å². The highest BCUT2D eigenvalue weighted by Gasteiger charge is 2.50. The molecule has 0 spiro atoms. The van der Waals surface area contributed by atoms with Crippen molar-refractivity contribution in [2.45, 2.75) is 51.5 Å². The van der Waals surface area contributed by atoms with E-state index in [1.54, 1.807) is 6.92 Å². The first-order valence-electron chi connectivity index (χ1n) is 8.87. The van der Waals surface area contributed by atoms with Crippen LogP contribution in [0.25, 0.3) is 0 Å². The van der Waals surface area contributed by atoms with E-state index in [1.807, 2.05) is 12.2 Å². The van der Waals surface area contributed by atoms with E-state index < -0.39 is 6.04 Å². The van der Waals surface area contributed by atoms with E-state index in [4.69, 9.17) is 0 Å². The third-order valence-electron chi connectivity index (χ3n) is 5.38. The van der Waals surface area contributed by atoms with Crippen LogP contribution >= 0.6 is 11.3 Å². The Hall–Kier alpha value is -2.02. The minimum Gasteiger partial charge on any atom is -0.300 e. The third kappa shape index (κ3) is 2.80.